The largest absolute Gasteiger partial charge is 0.468 e. The van der Waals surface area contributed by atoms with Crippen LogP contribution in [0, 0.1) is 0 Å². The zero-order chi connectivity index (χ0) is 19.9. The third kappa shape index (κ3) is 5.14. The van der Waals surface area contributed by atoms with Crippen LogP contribution in [0.15, 0.2) is 24.3 Å². The summed E-state index contributed by atoms with van der Waals surface area (Å²) in [6, 6.07) is 8.04. The highest BCUT2D eigenvalue weighted by molar-refractivity contribution is 5.93. The minimum atomic E-state index is -0.322. The predicted octanol–water partition coefficient (Wildman–Crippen LogP) is 1.20. The molecule has 0 aromatic heterocycles. The first kappa shape index (κ1) is 20.4. The summed E-state index contributed by atoms with van der Waals surface area (Å²) in [6.07, 6.45) is 2.37. The Labute approximate surface area is 166 Å². The number of hydrogen-bond donors (Lipinski definition) is 2. The second-order valence-corrected chi connectivity index (χ2v) is 7.38. The number of nitrogens with one attached hydrogen (secondary N) is 2. The number of carbonyl (C=O) groups is 2. The second kappa shape index (κ2) is 9.75. The topological polar surface area (TPSA) is 77.2 Å². The maximum Gasteiger partial charge on any atom is 0.325 e. The monoisotopic (exact) mass is 389 g/mol. The number of hydrogen-bond acceptors (Lipinski definition) is 6. The van der Waals surface area contributed by atoms with Crippen LogP contribution in [0.2, 0.25) is 0 Å². The lowest BCUT2D eigenvalue weighted by Crippen LogP contribution is -2.54. The molecule has 0 aliphatic carbocycles. The molecule has 2 aliphatic rings. The van der Waals surface area contributed by atoms with Crippen molar-refractivity contribution in [1.29, 1.82) is 0 Å². The zero-order valence-electron chi connectivity index (χ0n) is 16.8. The number of nitrogens with zero attached hydrogens (tertiary/aromatic N) is 3. The molecule has 3 rings (SSSR count). The molecular weight excluding hydrogens is 358 g/mol. The molecule has 154 valence electrons. The van der Waals surface area contributed by atoms with Gasteiger partial charge in [0.05, 0.1) is 18.5 Å². The lowest BCUT2D eigenvalue weighted by atomic mass is 10.0. The number of amides is 2. The summed E-state index contributed by atoms with van der Waals surface area (Å²) in [5.74, 6) is -0.322. The van der Waals surface area contributed by atoms with Gasteiger partial charge in [0.25, 0.3) is 0 Å². The lowest BCUT2D eigenvalue weighted by molar-refractivity contribution is -0.138. The standard InChI is InChI=1S/C20H31N5O3/c1-23(15-19(26)28-2)18-6-4-3-5-17(18)22-20(27)25-13-11-24(12-14-25)16-7-9-21-10-8-16/h3-6,16,21H,7-15H2,1-2H3,(H,22,27). The van der Waals surface area contributed by atoms with Crippen molar-refractivity contribution in [2.45, 2.75) is 18.9 Å². The molecule has 2 amide bonds. The van der Waals surface area contributed by atoms with Crippen molar-refractivity contribution >= 4 is 23.4 Å². The number of benzene rings is 1. The van der Waals surface area contributed by atoms with Gasteiger partial charge in [0.15, 0.2) is 0 Å². The van der Waals surface area contributed by atoms with Crippen molar-refractivity contribution in [2.24, 2.45) is 0 Å². The van der Waals surface area contributed by atoms with Crippen molar-refractivity contribution in [3.8, 4) is 0 Å². The predicted molar refractivity (Wildman–Crippen MR) is 110 cm³/mol. The molecule has 0 saturated carbocycles. The highest BCUT2D eigenvalue weighted by Crippen LogP contribution is 2.25. The van der Waals surface area contributed by atoms with E-state index >= 15 is 0 Å². The molecule has 0 atom stereocenters. The van der Waals surface area contributed by atoms with Crippen LogP contribution in [0.3, 0.4) is 0 Å². The summed E-state index contributed by atoms with van der Waals surface area (Å²) in [7, 11) is 3.17. The van der Waals surface area contributed by atoms with Crippen molar-refractivity contribution in [3.63, 3.8) is 0 Å². The van der Waals surface area contributed by atoms with Crippen molar-refractivity contribution in [1.82, 2.24) is 15.1 Å². The summed E-state index contributed by atoms with van der Waals surface area (Å²) >= 11 is 0. The van der Waals surface area contributed by atoms with Crippen LogP contribution in [0.5, 0.6) is 0 Å². The first-order valence-electron chi connectivity index (χ1n) is 9.96. The van der Waals surface area contributed by atoms with Gasteiger partial charge in [-0.25, -0.2) is 4.79 Å². The molecule has 8 nitrogen and oxygen atoms in total. The first-order valence-corrected chi connectivity index (χ1v) is 9.96. The lowest BCUT2D eigenvalue weighted by Gasteiger charge is -2.40. The highest BCUT2D eigenvalue weighted by atomic mass is 16.5. The van der Waals surface area contributed by atoms with Gasteiger partial charge in [0, 0.05) is 39.3 Å². The van der Waals surface area contributed by atoms with E-state index in [0.29, 0.717) is 11.7 Å². The van der Waals surface area contributed by atoms with Crippen LogP contribution in [-0.2, 0) is 9.53 Å². The van der Waals surface area contributed by atoms with Crippen molar-refractivity contribution in [3.05, 3.63) is 24.3 Å². The van der Waals surface area contributed by atoms with E-state index in [1.54, 1.807) is 11.9 Å². The molecule has 2 aliphatic heterocycles. The second-order valence-electron chi connectivity index (χ2n) is 7.38. The number of piperazine rings is 1. The molecule has 8 heteroatoms. The van der Waals surface area contributed by atoms with Gasteiger partial charge < -0.3 is 25.2 Å². The highest BCUT2D eigenvalue weighted by Gasteiger charge is 2.27. The fourth-order valence-corrected chi connectivity index (χ4v) is 3.91. The Kier molecular flexibility index (Phi) is 7.11. The van der Waals surface area contributed by atoms with E-state index in [4.69, 9.17) is 4.74 Å². The molecule has 0 spiro atoms. The van der Waals surface area contributed by atoms with E-state index in [1.807, 2.05) is 29.2 Å². The zero-order valence-corrected chi connectivity index (χ0v) is 16.8. The molecule has 2 heterocycles. The van der Waals surface area contributed by atoms with Gasteiger partial charge in [-0.15, -0.1) is 0 Å². The molecule has 1 aromatic carbocycles. The Bertz CT molecular complexity index is 670. The summed E-state index contributed by atoms with van der Waals surface area (Å²) in [4.78, 5) is 30.5. The third-order valence-corrected chi connectivity index (χ3v) is 5.58. The number of rotatable bonds is 5. The minimum Gasteiger partial charge on any atom is -0.468 e. The van der Waals surface area contributed by atoms with Gasteiger partial charge in [-0.1, -0.05) is 12.1 Å². The Hall–Kier alpha value is -2.32. The summed E-state index contributed by atoms with van der Waals surface area (Å²) < 4.78 is 4.73. The molecular formula is C20H31N5O3. The molecule has 0 bridgehead atoms. The number of anilines is 2. The van der Waals surface area contributed by atoms with Gasteiger partial charge in [-0.05, 0) is 38.1 Å². The van der Waals surface area contributed by atoms with Crippen LogP contribution in [0.1, 0.15) is 12.8 Å². The third-order valence-electron chi connectivity index (χ3n) is 5.58. The molecule has 1 aromatic rings. The first-order chi connectivity index (χ1) is 13.6. The summed E-state index contributed by atoms with van der Waals surface area (Å²) in [5.41, 5.74) is 1.48. The van der Waals surface area contributed by atoms with E-state index in [-0.39, 0.29) is 18.5 Å². The Morgan fingerprint density at radius 1 is 1.18 bits per heavy atom. The number of para-hydroxylation sites is 2. The Balaban J connectivity index is 1.56. The van der Waals surface area contributed by atoms with Gasteiger partial charge in [-0.3, -0.25) is 9.69 Å². The number of urea groups is 1. The maximum absolute atomic E-state index is 12.8. The van der Waals surface area contributed by atoms with Crippen molar-refractivity contribution < 1.29 is 14.3 Å². The van der Waals surface area contributed by atoms with Crippen LogP contribution in [0.25, 0.3) is 0 Å². The Morgan fingerprint density at radius 3 is 2.54 bits per heavy atom. The normalized spacial score (nSPS) is 18.6. The molecule has 28 heavy (non-hydrogen) atoms. The van der Waals surface area contributed by atoms with E-state index in [9.17, 15) is 9.59 Å². The SMILES string of the molecule is COC(=O)CN(C)c1ccccc1NC(=O)N1CCN(C2CCNCC2)CC1. The molecule has 0 radical (unpaired) electrons. The molecule has 2 fully saturated rings. The number of carbonyl (C=O) groups excluding carboxylic acids is 2. The maximum atomic E-state index is 12.8. The molecule has 2 N–H and O–H groups in total. The van der Waals surface area contributed by atoms with Gasteiger partial charge >= 0.3 is 12.0 Å². The van der Waals surface area contributed by atoms with Crippen LogP contribution >= 0.6 is 0 Å². The van der Waals surface area contributed by atoms with Crippen LogP contribution in [0.4, 0.5) is 16.2 Å². The average molecular weight is 390 g/mol. The smallest absolute Gasteiger partial charge is 0.325 e. The average Bonchev–Trinajstić information content (AvgIpc) is 2.74. The van der Waals surface area contributed by atoms with Gasteiger partial charge in [0.2, 0.25) is 0 Å². The fourth-order valence-electron chi connectivity index (χ4n) is 3.91. The number of likely N-dealkylation sites (N-methyl/N-ethyl adjacent to an activating group) is 1. The van der Waals surface area contributed by atoms with Crippen LogP contribution < -0.4 is 15.5 Å². The quantitative estimate of drug-likeness (QED) is 0.737. The van der Waals surface area contributed by atoms with Gasteiger partial charge in [0.1, 0.15) is 6.54 Å². The summed E-state index contributed by atoms with van der Waals surface area (Å²) in [6.45, 7) is 5.59. The fraction of sp³-hybridized carbons (Fsp3) is 0.600. The number of esters is 1. The molecule has 0 unspecified atom stereocenters. The number of piperidine rings is 1. The number of ether oxygens (including phenoxy) is 1. The van der Waals surface area contributed by atoms with E-state index in [2.05, 4.69) is 15.5 Å². The molecule has 2 saturated heterocycles. The van der Waals surface area contributed by atoms with E-state index in [1.165, 1.54) is 20.0 Å². The van der Waals surface area contributed by atoms with Crippen LogP contribution in [-0.4, -0.2) is 87.8 Å². The number of methoxy groups -OCH3 is 1. The van der Waals surface area contributed by atoms with Gasteiger partial charge in [-0.2, -0.15) is 0 Å². The van der Waals surface area contributed by atoms with E-state index in [0.717, 1.165) is 45.0 Å². The van der Waals surface area contributed by atoms with Crippen molar-refractivity contribution in [2.75, 3.05) is 70.2 Å². The Morgan fingerprint density at radius 2 is 1.86 bits per heavy atom. The summed E-state index contributed by atoms with van der Waals surface area (Å²) in [5, 5.41) is 6.42. The minimum absolute atomic E-state index is 0.0936. The van der Waals surface area contributed by atoms with E-state index < -0.39 is 0 Å².